The number of halogens is 1. The van der Waals surface area contributed by atoms with Crippen LogP contribution in [0.25, 0.3) is 0 Å². The van der Waals surface area contributed by atoms with E-state index in [1.807, 2.05) is 31.2 Å². The maximum absolute atomic E-state index is 6.00. The summed E-state index contributed by atoms with van der Waals surface area (Å²) in [7, 11) is 3.75. The number of aliphatic imine (C=N–C) groups is 1. The fourth-order valence-electron chi connectivity index (χ4n) is 3.05. The highest BCUT2D eigenvalue weighted by Crippen LogP contribution is 2.24. The van der Waals surface area contributed by atoms with Gasteiger partial charge in [0.05, 0.1) is 19.3 Å². The minimum Gasteiger partial charge on any atom is -0.370 e. The highest BCUT2D eigenvalue weighted by Gasteiger charge is 2.25. The van der Waals surface area contributed by atoms with Crippen molar-refractivity contribution in [1.82, 2.24) is 20.0 Å². The molecule has 0 amide bonds. The van der Waals surface area contributed by atoms with Gasteiger partial charge in [0.15, 0.2) is 5.96 Å². The molecule has 1 aromatic heterocycles. The van der Waals surface area contributed by atoms with E-state index in [4.69, 9.17) is 4.74 Å². The lowest BCUT2D eigenvalue weighted by Gasteiger charge is -2.35. The van der Waals surface area contributed by atoms with Gasteiger partial charge < -0.3 is 15.0 Å². The SMILES string of the molecule is CN=C(NCc1cnn(C)c1)N1CCOC(c2ccccc2C)C1.I. The molecule has 2 aromatic rings. The number of ether oxygens (including phenoxy) is 1. The Bertz CT molecular complexity index is 715. The smallest absolute Gasteiger partial charge is 0.194 e. The number of benzene rings is 1. The maximum atomic E-state index is 6.00. The zero-order valence-electron chi connectivity index (χ0n) is 15.0. The van der Waals surface area contributed by atoms with Crippen molar-refractivity contribution >= 4 is 29.9 Å². The normalized spacial score (nSPS) is 18.0. The molecule has 6 nitrogen and oxygen atoms in total. The number of rotatable bonds is 3. The first-order chi connectivity index (χ1) is 11.7. The van der Waals surface area contributed by atoms with E-state index in [0.29, 0.717) is 13.2 Å². The molecule has 1 fully saturated rings. The molecule has 1 unspecified atom stereocenters. The molecule has 7 heteroatoms. The van der Waals surface area contributed by atoms with Crippen LogP contribution in [0, 0.1) is 6.92 Å². The van der Waals surface area contributed by atoms with Crippen LogP contribution < -0.4 is 5.32 Å². The molecular weight excluding hydrogens is 429 g/mol. The maximum Gasteiger partial charge on any atom is 0.194 e. The third-order valence-corrected chi connectivity index (χ3v) is 4.32. The summed E-state index contributed by atoms with van der Waals surface area (Å²) in [5, 5.41) is 7.62. The average molecular weight is 455 g/mol. The second kappa shape index (κ2) is 9.19. The van der Waals surface area contributed by atoms with Crippen LogP contribution in [-0.4, -0.2) is 47.4 Å². The number of nitrogens with one attached hydrogen (secondary N) is 1. The van der Waals surface area contributed by atoms with Gasteiger partial charge in [-0.2, -0.15) is 5.10 Å². The number of aromatic nitrogens is 2. The minimum atomic E-state index is 0. The molecule has 25 heavy (non-hydrogen) atoms. The van der Waals surface area contributed by atoms with Gasteiger partial charge >= 0.3 is 0 Å². The van der Waals surface area contributed by atoms with Gasteiger partial charge in [-0.15, -0.1) is 24.0 Å². The molecule has 0 aliphatic carbocycles. The quantitative estimate of drug-likeness (QED) is 0.439. The largest absolute Gasteiger partial charge is 0.370 e. The number of guanidine groups is 1. The summed E-state index contributed by atoms with van der Waals surface area (Å²) in [5.41, 5.74) is 3.66. The van der Waals surface area contributed by atoms with E-state index in [2.05, 4.69) is 51.5 Å². The topological polar surface area (TPSA) is 54.7 Å². The van der Waals surface area contributed by atoms with Crippen LogP contribution in [0.1, 0.15) is 22.8 Å². The molecule has 1 saturated heterocycles. The van der Waals surface area contributed by atoms with Gasteiger partial charge in [-0.1, -0.05) is 24.3 Å². The Hall–Kier alpha value is -1.61. The van der Waals surface area contributed by atoms with E-state index in [1.54, 1.807) is 0 Å². The third-order valence-electron chi connectivity index (χ3n) is 4.32. The van der Waals surface area contributed by atoms with E-state index >= 15 is 0 Å². The minimum absolute atomic E-state index is 0. The van der Waals surface area contributed by atoms with E-state index in [9.17, 15) is 0 Å². The van der Waals surface area contributed by atoms with Gasteiger partial charge in [0.2, 0.25) is 0 Å². The third kappa shape index (κ3) is 4.94. The molecule has 3 rings (SSSR count). The van der Waals surface area contributed by atoms with Crippen molar-refractivity contribution in [2.24, 2.45) is 12.0 Å². The Labute approximate surface area is 166 Å². The van der Waals surface area contributed by atoms with Crippen LogP contribution in [0.5, 0.6) is 0 Å². The van der Waals surface area contributed by atoms with Crippen molar-refractivity contribution in [2.45, 2.75) is 19.6 Å². The van der Waals surface area contributed by atoms with Crippen LogP contribution in [-0.2, 0) is 18.3 Å². The molecule has 0 spiro atoms. The molecule has 1 N–H and O–H groups in total. The average Bonchev–Trinajstić information content (AvgIpc) is 3.01. The summed E-state index contributed by atoms with van der Waals surface area (Å²) in [6, 6.07) is 8.41. The predicted octanol–water partition coefficient (Wildman–Crippen LogP) is 2.50. The predicted molar refractivity (Wildman–Crippen MR) is 110 cm³/mol. The molecular formula is C18H26IN5O. The zero-order chi connectivity index (χ0) is 16.9. The van der Waals surface area contributed by atoms with Crippen LogP contribution in [0.15, 0.2) is 41.7 Å². The second-order valence-electron chi connectivity index (χ2n) is 6.09. The monoisotopic (exact) mass is 455 g/mol. The lowest BCUT2D eigenvalue weighted by Crippen LogP contribution is -2.48. The molecule has 1 aromatic carbocycles. The van der Waals surface area contributed by atoms with Crippen molar-refractivity contribution < 1.29 is 4.74 Å². The summed E-state index contributed by atoms with van der Waals surface area (Å²) < 4.78 is 7.81. The lowest BCUT2D eigenvalue weighted by molar-refractivity contribution is -0.00833. The Morgan fingerprint density at radius 1 is 1.40 bits per heavy atom. The van der Waals surface area contributed by atoms with E-state index < -0.39 is 0 Å². The van der Waals surface area contributed by atoms with E-state index in [-0.39, 0.29) is 30.1 Å². The summed E-state index contributed by atoms with van der Waals surface area (Å²) >= 11 is 0. The van der Waals surface area contributed by atoms with Crippen LogP contribution in [0.3, 0.4) is 0 Å². The molecule has 0 radical (unpaired) electrons. The Morgan fingerprint density at radius 3 is 2.88 bits per heavy atom. The molecule has 2 heterocycles. The molecule has 1 atom stereocenters. The number of hydrogen-bond acceptors (Lipinski definition) is 3. The first-order valence-corrected chi connectivity index (χ1v) is 8.27. The first kappa shape index (κ1) is 19.7. The number of hydrogen-bond donors (Lipinski definition) is 1. The number of nitrogens with zero attached hydrogens (tertiary/aromatic N) is 4. The van der Waals surface area contributed by atoms with Gasteiger partial charge in [-0.25, -0.2) is 0 Å². The molecule has 1 aliphatic heterocycles. The van der Waals surface area contributed by atoms with Crippen molar-refractivity contribution in [3.8, 4) is 0 Å². The highest BCUT2D eigenvalue weighted by atomic mass is 127. The first-order valence-electron chi connectivity index (χ1n) is 8.27. The number of morpholine rings is 1. The molecule has 0 saturated carbocycles. The van der Waals surface area contributed by atoms with Gasteiger partial charge in [0.1, 0.15) is 6.10 Å². The highest BCUT2D eigenvalue weighted by molar-refractivity contribution is 14.0. The van der Waals surface area contributed by atoms with E-state index in [1.165, 1.54) is 11.1 Å². The van der Waals surface area contributed by atoms with Crippen LogP contribution >= 0.6 is 24.0 Å². The summed E-state index contributed by atoms with van der Waals surface area (Å²) in [5.74, 6) is 0.903. The standard InChI is InChI=1S/C18H25N5O.HI/c1-14-6-4-5-7-16(14)17-13-23(8-9-24-17)18(19-2)20-10-15-11-21-22(3)12-15;/h4-7,11-12,17H,8-10,13H2,1-3H3,(H,19,20);1H. The van der Waals surface area contributed by atoms with Crippen LogP contribution in [0.4, 0.5) is 0 Å². The number of aryl methyl sites for hydroxylation is 2. The Morgan fingerprint density at radius 2 is 2.20 bits per heavy atom. The zero-order valence-corrected chi connectivity index (χ0v) is 17.3. The van der Waals surface area contributed by atoms with Gasteiger partial charge in [0, 0.05) is 38.9 Å². The van der Waals surface area contributed by atoms with Crippen molar-refractivity contribution in [3.05, 3.63) is 53.3 Å². The fraction of sp³-hybridized carbons (Fsp3) is 0.444. The fourth-order valence-corrected chi connectivity index (χ4v) is 3.05. The molecule has 136 valence electrons. The van der Waals surface area contributed by atoms with E-state index in [0.717, 1.165) is 24.6 Å². The molecule has 0 bridgehead atoms. The Kier molecular flexibility index (Phi) is 7.24. The summed E-state index contributed by atoms with van der Waals surface area (Å²) in [4.78, 5) is 6.69. The second-order valence-corrected chi connectivity index (χ2v) is 6.09. The molecule has 1 aliphatic rings. The Balaban J connectivity index is 0.00000225. The van der Waals surface area contributed by atoms with Crippen LogP contribution in [0.2, 0.25) is 0 Å². The van der Waals surface area contributed by atoms with Gasteiger partial charge in [0.25, 0.3) is 0 Å². The van der Waals surface area contributed by atoms with Crippen molar-refractivity contribution in [2.75, 3.05) is 26.7 Å². The summed E-state index contributed by atoms with van der Waals surface area (Å²) in [6.45, 7) is 5.19. The summed E-state index contributed by atoms with van der Waals surface area (Å²) in [6.07, 6.45) is 3.96. The lowest BCUT2D eigenvalue weighted by atomic mass is 10.0. The van der Waals surface area contributed by atoms with Gasteiger partial charge in [-0.05, 0) is 18.1 Å². The van der Waals surface area contributed by atoms with Crippen molar-refractivity contribution in [3.63, 3.8) is 0 Å². The van der Waals surface area contributed by atoms with Crippen molar-refractivity contribution in [1.29, 1.82) is 0 Å². The van der Waals surface area contributed by atoms with Gasteiger partial charge in [-0.3, -0.25) is 9.67 Å².